The van der Waals surface area contributed by atoms with Crippen molar-refractivity contribution in [1.29, 1.82) is 0 Å². The third-order valence-corrected chi connectivity index (χ3v) is 4.96. The minimum absolute atomic E-state index is 0.0992. The maximum Gasteiger partial charge on any atom is 0.251 e. The lowest BCUT2D eigenvalue weighted by atomic mass is 10.2. The molecule has 0 radical (unpaired) electrons. The summed E-state index contributed by atoms with van der Waals surface area (Å²) in [5.41, 5.74) is 3.81. The molecule has 0 saturated carbocycles. The highest BCUT2D eigenvalue weighted by atomic mass is 79.9. The number of amides is 1. The van der Waals surface area contributed by atoms with Crippen LogP contribution in [0, 0.1) is 0 Å². The topological polar surface area (TPSA) is 46.9 Å². The summed E-state index contributed by atoms with van der Waals surface area (Å²) in [4.78, 5) is 17.1. The van der Waals surface area contributed by atoms with Crippen LogP contribution in [0.4, 0.5) is 0 Å². The summed E-state index contributed by atoms with van der Waals surface area (Å²) in [6, 6.07) is 25.5. The number of rotatable bonds is 5. The summed E-state index contributed by atoms with van der Waals surface area (Å²) in [5, 5.41) is 2.98. The third-order valence-electron chi connectivity index (χ3n) is 4.43. The monoisotopic (exact) mass is 419 g/mol. The van der Waals surface area contributed by atoms with E-state index in [9.17, 15) is 4.79 Å². The normalized spacial score (nSPS) is 10.9. The number of halogens is 1. The number of fused-ring (bicyclic) bond motifs is 1. The molecular weight excluding hydrogens is 402 g/mol. The molecule has 0 aliphatic carbocycles. The number of nitrogens with zero attached hydrogens (tertiary/aromatic N) is 2. The van der Waals surface area contributed by atoms with Crippen LogP contribution in [0.1, 0.15) is 21.7 Å². The number of hydrogen-bond donors (Lipinski definition) is 1. The fourth-order valence-corrected chi connectivity index (χ4v) is 3.32. The van der Waals surface area contributed by atoms with Crippen molar-refractivity contribution in [3.63, 3.8) is 0 Å². The summed E-state index contributed by atoms with van der Waals surface area (Å²) >= 11 is 3.47. The summed E-state index contributed by atoms with van der Waals surface area (Å²) in [7, 11) is 0. The molecule has 0 bridgehead atoms. The van der Waals surface area contributed by atoms with E-state index < -0.39 is 0 Å². The van der Waals surface area contributed by atoms with Crippen LogP contribution < -0.4 is 5.32 Å². The molecule has 0 aliphatic rings. The molecule has 0 fully saturated rings. The van der Waals surface area contributed by atoms with Gasteiger partial charge in [0.2, 0.25) is 0 Å². The zero-order chi connectivity index (χ0) is 18.6. The van der Waals surface area contributed by atoms with E-state index >= 15 is 0 Å². The van der Waals surface area contributed by atoms with Gasteiger partial charge >= 0.3 is 0 Å². The van der Waals surface area contributed by atoms with E-state index in [2.05, 4.69) is 44.0 Å². The summed E-state index contributed by atoms with van der Waals surface area (Å²) < 4.78 is 3.21. The van der Waals surface area contributed by atoms with E-state index in [1.807, 2.05) is 48.5 Å². The van der Waals surface area contributed by atoms with Crippen LogP contribution in [0.2, 0.25) is 0 Å². The van der Waals surface area contributed by atoms with E-state index in [0.29, 0.717) is 18.7 Å². The second-order valence-electron chi connectivity index (χ2n) is 6.28. The molecule has 4 aromatic rings. The summed E-state index contributed by atoms with van der Waals surface area (Å²) in [6.07, 6.45) is 0. The van der Waals surface area contributed by atoms with Gasteiger partial charge in [-0.2, -0.15) is 0 Å². The van der Waals surface area contributed by atoms with Crippen LogP contribution in [-0.4, -0.2) is 15.5 Å². The largest absolute Gasteiger partial charge is 0.345 e. The number of carbonyl (C=O) groups excluding carboxylic acids is 1. The third kappa shape index (κ3) is 3.93. The number of para-hydroxylation sites is 2. The van der Waals surface area contributed by atoms with Crippen LogP contribution >= 0.6 is 15.9 Å². The molecule has 134 valence electrons. The van der Waals surface area contributed by atoms with Gasteiger partial charge in [0.1, 0.15) is 5.82 Å². The predicted molar refractivity (Wildman–Crippen MR) is 111 cm³/mol. The SMILES string of the molecule is O=C(NCc1nc2ccccc2n1Cc1ccc(Br)cc1)c1ccccc1. The molecule has 4 rings (SSSR count). The standard InChI is InChI=1S/C22H18BrN3O/c23-18-12-10-16(11-13-18)15-26-20-9-5-4-8-19(20)25-21(26)14-24-22(27)17-6-2-1-3-7-17/h1-13H,14-15H2,(H,24,27). The van der Waals surface area contributed by atoms with Gasteiger partial charge in [-0.3, -0.25) is 4.79 Å². The summed E-state index contributed by atoms with van der Waals surface area (Å²) in [5.74, 6) is 0.737. The Kier molecular flexibility index (Phi) is 5.03. The molecule has 27 heavy (non-hydrogen) atoms. The molecule has 1 amide bonds. The molecule has 0 aliphatic heterocycles. The van der Waals surface area contributed by atoms with Crippen LogP contribution in [0.15, 0.2) is 83.3 Å². The molecule has 0 saturated heterocycles. The Bertz CT molecular complexity index is 1070. The lowest BCUT2D eigenvalue weighted by Gasteiger charge is -2.11. The Hall–Kier alpha value is -2.92. The molecule has 4 nitrogen and oxygen atoms in total. The van der Waals surface area contributed by atoms with Crippen LogP contribution in [-0.2, 0) is 13.1 Å². The van der Waals surface area contributed by atoms with E-state index in [-0.39, 0.29) is 5.91 Å². The number of nitrogens with one attached hydrogen (secondary N) is 1. The zero-order valence-electron chi connectivity index (χ0n) is 14.6. The van der Waals surface area contributed by atoms with Crippen LogP contribution in [0.25, 0.3) is 11.0 Å². The molecule has 1 aromatic heterocycles. The lowest BCUT2D eigenvalue weighted by molar-refractivity contribution is 0.0949. The van der Waals surface area contributed by atoms with Gasteiger partial charge in [-0.1, -0.05) is 58.4 Å². The smallest absolute Gasteiger partial charge is 0.251 e. The highest BCUT2D eigenvalue weighted by Crippen LogP contribution is 2.19. The molecule has 0 unspecified atom stereocenters. The maximum absolute atomic E-state index is 12.4. The minimum Gasteiger partial charge on any atom is -0.345 e. The van der Waals surface area contributed by atoms with Crippen molar-refractivity contribution in [1.82, 2.24) is 14.9 Å². The molecule has 1 N–H and O–H groups in total. The Morgan fingerprint density at radius 3 is 2.41 bits per heavy atom. The Morgan fingerprint density at radius 1 is 0.926 bits per heavy atom. The number of carbonyl (C=O) groups is 1. The molecule has 0 atom stereocenters. The Morgan fingerprint density at radius 2 is 1.63 bits per heavy atom. The van der Waals surface area contributed by atoms with E-state index in [4.69, 9.17) is 4.98 Å². The highest BCUT2D eigenvalue weighted by Gasteiger charge is 2.12. The molecule has 1 heterocycles. The van der Waals surface area contributed by atoms with Gasteiger partial charge in [0.05, 0.1) is 17.6 Å². The molecule has 3 aromatic carbocycles. The number of benzene rings is 3. The second-order valence-corrected chi connectivity index (χ2v) is 7.19. The molecular formula is C22H18BrN3O. The number of imidazole rings is 1. The van der Waals surface area contributed by atoms with Crippen molar-refractivity contribution in [2.75, 3.05) is 0 Å². The fourth-order valence-electron chi connectivity index (χ4n) is 3.06. The van der Waals surface area contributed by atoms with Gasteiger partial charge in [-0.05, 0) is 42.0 Å². The average molecular weight is 420 g/mol. The van der Waals surface area contributed by atoms with E-state index in [0.717, 1.165) is 21.3 Å². The minimum atomic E-state index is -0.0992. The summed E-state index contributed by atoms with van der Waals surface area (Å²) in [6.45, 7) is 1.07. The fraction of sp³-hybridized carbons (Fsp3) is 0.0909. The Balaban J connectivity index is 1.61. The highest BCUT2D eigenvalue weighted by molar-refractivity contribution is 9.10. The van der Waals surface area contributed by atoms with Gasteiger partial charge < -0.3 is 9.88 Å². The lowest BCUT2D eigenvalue weighted by Crippen LogP contribution is -2.24. The first-order valence-corrected chi connectivity index (χ1v) is 9.52. The quantitative estimate of drug-likeness (QED) is 0.505. The number of hydrogen-bond acceptors (Lipinski definition) is 2. The van der Waals surface area contributed by atoms with Gasteiger partial charge in [0, 0.05) is 16.6 Å². The van der Waals surface area contributed by atoms with Crippen LogP contribution in [0.5, 0.6) is 0 Å². The van der Waals surface area contributed by atoms with Crippen molar-refractivity contribution in [2.45, 2.75) is 13.1 Å². The van der Waals surface area contributed by atoms with Gasteiger partial charge in [-0.25, -0.2) is 4.98 Å². The zero-order valence-corrected chi connectivity index (χ0v) is 16.2. The predicted octanol–water partition coefficient (Wildman–Crippen LogP) is 4.78. The van der Waals surface area contributed by atoms with Gasteiger partial charge in [0.15, 0.2) is 0 Å². The van der Waals surface area contributed by atoms with Crippen molar-refractivity contribution in [3.8, 4) is 0 Å². The van der Waals surface area contributed by atoms with Crippen LogP contribution in [0.3, 0.4) is 0 Å². The second kappa shape index (κ2) is 7.76. The Labute approximate surface area is 166 Å². The van der Waals surface area contributed by atoms with Crippen molar-refractivity contribution in [2.24, 2.45) is 0 Å². The average Bonchev–Trinajstić information content (AvgIpc) is 3.06. The number of aromatic nitrogens is 2. The molecule has 5 heteroatoms. The first-order chi connectivity index (χ1) is 13.2. The van der Waals surface area contributed by atoms with E-state index in [1.165, 1.54) is 5.56 Å². The van der Waals surface area contributed by atoms with Gasteiger partial charge in [-0.15, -0.1) is 0 Å². The van der Waals surface area contributed by atoms with E-state index in [1.54, 1.807) is 12.1 Å². The van der Waals surface area contributed by atoms with Gasteiger partial charge in [0.25, 0.3) is 5.91 Å². The van der Waals surface area contributed by atoms with Crippen molar-refractivity contribution >= 4 is 32.9 Å². The molecule has 0 spiro atoms. The van der Waals surface area contributed by atoms with Crippen molar-refractivity contribution < 1.29 is 4.79 Å². The first-order valence-electron chi connectivity index (χ1n) is 8.72. The van der Waals surface area contributed by atoms with Crippen molar-refractivity contribution in [3.05, 3.63) is 100 Å². The first kappa shape index (κ1) is 17.5. The maximum atomic E-state index is 12.4.